The maximum atomic E-state index is 13.8. The number of carbonyl (C=O) groups is 3. The Bertz CT molecular complexity index is 1200. The zero-order valence-electron chi connectivity index (χ0n) is 20.4. The van der Waals surface area contributed by atoms with Crippen molar-refractivity contribution < 1.29 is 36.3 Å². The number of hydrogen-bond acceptors (Lipinski definition) is 4. The van der Waals surface area contributed by atoms with E-state index in [4.69, 9.17) is 5.73 Å². The number of benzene rings is 2. The lowest BCUT2D eigenvalue weighted by Crippen LogP contribution is -2.48. The van der Waals surface area contributed by atoms with Crippen molar-refractivity contribution in [1.82, 2.24) is 5.32 Å². The Hall–Kier alpha value is -3.83. The van der Waals surface area contributed by atoms with Crippen LogP contribution in [0.25, 0.3) is 0 Å². The molecule has 4 N–H and O–H groups in total. The van der Waals surface area contributed by atoms with E-state index in [2.05, 4.69) is 15.6 Å². The second-order valence-corrected chi connectivity index (χ2v) is 9.19. The first-order valence-electron chi connectivity index (χ1n) is 11.8. The van der Waals surface area contributed by atoms with Gasteiger partial charge in [-0.15, -0.1) is 0 Å². The van der Waals surface area contributed by atoms with Crippen LogP contribution in [0.3, 0.4) is 0 Å². The Kier molecular flexibility index (Phi) is 8.85. The number of nitrogens with zero attached hydrogens (tertiary/aromatic N) is 1. The third-order valence-electron chi connectivity index (χ3n) is 6.01. The van der Waals surface area contributed by atoms with E-state index in [0.29, 0.717) is 29.4 Å². The molecule has 3 amide bonds. The second kappa shape index (κ2) is 11.7. The van der Waals surface area contributed by atoms with E-state index in [1.807, 2.05) is 0 Å². The molecule has 0 bridgehead atoms. The fraction of sp³-hybridized carbons (Fsp3) is 0.385. The van der Waals surface area contributed by atoms with Gasteiger partial charge in [-0.1, -0.05) is 48.5 Å². The molecular formula is C26H27F5N4O3. The molecule has 0 aliphatic carbocycles. The van der Waals surface area contributed by atoms with Crippen LogP contribution < -0.4 is 16.4 Å². The van der Waals surface area contributed by atoms with Crippen LogP contribution in [0.1, 0.15) is 43.7 Å². The number of nitrogens with one attached hydrogen (secondary N) is 2. The van der Waals surface area contributed by atoms with Gasteiger partial charge in [-0.3, -0.25) is 14.4 Å². The van der Waals surface area contributed by atoms with Crippen LogP contribution in [0, 0.1) is 11.8 Å². The number of anilines is 1. The number of nitrogens with two attached hydrogens (primary N) is 1. The van der Waals surface area contributed by atoms with Gasteiger partial charge in [-0.05, 0) is 25.8 Å². The van der Waals surface area contributed by atoms with Crippen LogP contribution in [0.5, 0.6) is 0 Å². The fourth-order valence-electron chi connectivity index (χ4n) is 4.29. The van der Waals surface area contributed by atoms with E-state index in [1.54, 1.807) is 54.6 Å². The molecule has 1 aliphatic rings. The molecule has 1 aliphatic heterocycles. The Labute approximate surface area is 215 Å². The quantitative estimate of drug-likeness (QED) is 0.390. The number of primary amides is 1. The third-order valence-corrected chi connectivity index (χ3v) is 6.01. The number of carbonyl (C=O) groups excluding carboxylic acids is 3. The largest absolute Gasteiger partial charge is 0.389 e. The van der Waals surface area contributed by atoms with Crippen molar-refractivity contribution in [3.05, 3.63) is 65.7 Å². The summed E-state index contributed by atoms with van der Waals surface area (Å²) in [7, 11) is 0. The summed E-state index contributed by atoms with van der Waals surface area (Å²) in [5.41, 5.74) is 7.20. The van der Waals surface area contributed by atoms with Crippen molar-refractivity contribution in [1.29, 1.82) is 0 Å². The standard InChI is InChI=1S/C26H27F5N4O3/c1-25(27,28)14-18(21(32)36)16(11-7-13-26(29,30)31)23(37)35-22-24(38)33-19-12-6-5-10-17(19)20(34-22)15-8-3-2-4-9-15/h2-6,8-10,12,16,18,22H,7,11,13-14H2,1H3,(H2,32,36)(H,33,38)(H,35,37)/t16-,18?,22-/m1/s1. The zero-order valence-corrected chi connectivity index (χ0v) is 20.4. The van der Waals surface area contributed by atoms with E-state index in [1.165, 1.54) is 0 Å². The second-order valence-electron chi connectivity index (χ2n) is 9.19. The molecular weight excluding hydrogens is 511 g/mol. The highest BCUT2D eigenvalue weighted by Crippen LogP contribution is 2.32. The van der Waals surface area contributed by atoms with Crippen LogP contribution in [0.2, 0.25) is 0 Å². The van der Waals surface area contributed by atoms with E-state index in [-0.39, 0.29) is 0 Å². The zero-order chi connectivity index (χ0) is 28.1. The lowest BCUT2D eigenvalue weighted by atomic mass is 9.82. The SMILES string of the molecule is CC(F)(F)CC(C(N)=O)[C@@H](CCCC(F)(F)F)C(=O)N[C@H]1N=C(c2ccccc2)c2ccccc2NC1=O. The molecule has 0 aromatic heterocycles. The number of aliphatic imine (C=N–C) groups is 1. The number of rotatable bonds is 10. The highest BCUT2D eigenvalue weighted by molar-refractivity contribution is 6.19. The van der Waals surface area contributed by atoms with Crippen molar-refractivity contribution in [2.45, 2.75) is 50.9 Å². The third kappa shape index (κ3) is 7.83. The molecule has 2 aromatic rings. The van der Waals surface area contributed by atoms with E-state index in [9.17, 15) is 36.3 Å². The first-order valence-corrected chi connectivity index (χ1v) is 11.8. The summed E-state index contributed by atoms with van der Waals surface area (Å²) in [5, 5.41) is 4.98. The summed E-state index contributed by atoms with van der Waals surface area (Å²) < 4.78 is 65.9. The molecule has 1 unspecified atom stereocenters. The normalized spacial score (nSPS) is 17.4. The van der Waals surface area contributed by atoms with E-state index < -0.39 is 73.5 Å². The number of hydrogen-bond donors (Lipinski definition) is 3. The number of para-hydroxylation sites is 1. The van der Waals surface area contributed by atoms with E-state index in [0.717, 1.165) is 0 Å². The monoisotopic (exact) mass is 538 g/mol. The first-order chi connectivity index (χ1) is 17.7. The van der Waals surface area contributed by atoms with Crippen LogP contribution in [0.15, 0.2) is 59.6 Å². The predicted octanol–water partition coefficient (Wildman–Crippen LogP) is 4.41. The maximum absolute atomic E-state index is 13.8. The summed E-state index contributed by atoms with van der Waals surface area (Å²) in [5.74, 6) is -9.95. The van der Waals surface area contributed by atoms with Gasteiger partial charge < -0.3 is 16.4 Å². The molecule has 0 radical (unpaired) electrons. The van der Waals surface area contributed by atoms with Crippen LogP contribution in [-0.4, -0.2) is 41.7 Å². The van der Waals surface area contributed by atoms with Crippen molar-refractivity contribution in [2.24, 2.45) is 22.6 Å². The van der Waals surface area contributed by atoms with Crippen LogP contribution in [-0.2, 0) is 14.4 Å². The predicted molar refractivity (Wildman–Crippen MR) is 130 cm³/mol. The Morgan fingerprint density at radius 2 is 1.66 bits per heavy atom. The summed E-state index contributed by atoms with van der Waals surface area (Å²) >= 11 is 0. The Morgan fingerprint density at radius 1 is 1.03 bits per heavy atom. The lowest BCUT2D eigenvalue weighted by molar-refractivity contribution is -0.142. The molecule has 7 nitrogen and oxygen atoms in total. The van der Waals surface area contributed by atoms with Crippen molar-refractivity contribution in [3.63, 3.8) is 0 Å². The van der Waals surface area contributed by atoms with Gasteiger partial charge in [-0.25, -0.2) is 13.8 Å². The van der Waals surface area contributed by atoms with Gasteiger partial charge in [-0.2, -0.15) is 13.2 Å². The average Bonchev–Trinajstić information content (AvgIpc) is 2.96. The smallest absolute Gasteiger partial charge is 0.369 e. The highest BCUT2D eigenvalue weighted by atomic mass is 19.4. The molecule has 0 saturated carbocycles. The summed E-state index contributed by atoms with van der Waals surface area (Å²) in [6.07, 6.45) is -9.72. The van der Waals surface area contributed by atoms with Gasteiger partial charge in [0.25, 0.3) is 5.91 Å². The Balaban J connectivity index is 1.96. The summed E-state index contributed by atoms with van der Waals surface area (Å²) in [6.45, 7) is 0.514. The molecule has 0 spiro atoms. The van der Waals surface area contributed by atoms with Crippen LogP contribution in [0.4, 0.5) is 27.6 Å². The van der Waals surface area contributed by atoms with Gasteiger partial charge in [0.05, 0.1) is 17.3 Å². The lowest BCUT2D eigenvalue weighted by Gasteiger charge is -2.27. The number of fused-ring (bicyclic) bond motifs is 1. The molecule has 0 saturated heterocycles. The van der Waals surface area contributed by atoms with Gasteiger partial charge in [0.1, 0.15) is 0 Å². The highest BCUT2D eigenvalue weighted by Gasteiger charge is 2.40. The fourth-order valence-corrected chi connectivity index (χ4v) is 4.29. The molecule has 12 heteroatoms. The van der Waals surface area contributed by atoms with Gasteiger partial charge in [0.2, 0.25) is 23.9 Å². The average molecular weight is 539 g/mol. The van der Waals surface area contributed by atoms with Crippen molar-refractivity contribution >= 4 is 29.1 Å². The molecule has 1 heterocycles. The van der Waals surface area contributed by atoms with Gasteiger partial charge in [0, 0.05) is 29.9 Å². The van der Waals surface area contributed by atoms with E-state index >= 15 is 0 Å². The van der Waals surface area contributed by atoms with Crippen molar-refractivity contribution in [2.75, 3.05) is 5.32 Å². The number of halogens is 5. The molecule has 3 atom stereocenters. The van der Waals surface area contributed by atoms with Crippen LogP contribution >= 0.6 is 0 Å². The minimum Gasteiger partial charge on any atom is -0.369 e. The first kappa shape index (κ1) is 28.7. The molecule has 0 fully saturated rings. The van der Waals surface area contributed by atoms with Gasteiger partial charge in [0.15, 0.2) is 0 Å². The molecule has 3 rings (SSSR count). The number of alkyl halides is 5. The number of amides is 3. The molecule has 2 aromatic carbocycles. The number of benzodiazepines with no additional fused rings is 1. The summed E-state index contributed by atoms with van der Waals surface area (Å²) in [4.78, 5) is 42.8. The van der Waals surface area contributed by atoms with Crippen molar-refractivity contribution in [3.8, 4) is 0 Å². The minimum atomic E-state index is -4.56. The van der Waals surface area contributed by atoms with Gasteiger partial charge >= 0.3 is 6.18 Å². The summed E-state index contributed by atoms with van der Waals surface area (Å²) in [6, 6.07) is 15.5. The topological polar surface area (TPSA) is 114 Å². The minimum absolute atomic E-state index is 0.338. The maximum Gasteiger partial charge on any atom is 0.389 e. The molecule has 204 valence electrons. The molecule has 38 heavy (non-hydrogen) atoms. The Morgan fingerprint density at radius 3 is 2.26 bits per heavy atom.